The smallest absolute Gasteiger partial charge is 0.417 e. The second-order valence-corrected chi connectivity index (χ2v) is 11.5. The molecule has 0 radical (unpaired) electrons. The zero-order valence-electron chi connectivity index (χ0n) is 23.3. The van der Waals surface area contributed by atoms with Gasteiger partial charge in [0, 0.05) is 17.2 Å². The second kappa shape index (κ2) is 10.2. The average Bonchev–Trinajstić information content (AvgIpc) is 3.48. The molecule has 5 rings (SSSR count). The van der Waals surface area contributed by atoms with Crippen LogP contribution in [0.15, 0.2) is 65.9 Å². The Bertz CT molecular complexity index is 1540. The van der Waals surface area contributed by atoms with E-state index in [9.17, 15) is 40.7 Å². The number of halogens is 6. The molecule has 0 aromatic heterocycles. The van der Waals surface area contributed by atoms with Gasteiger partial charge >= 0.3 is 18.4 Å². The molecule has 1 aliphatic carbocycles. The molecule has 0 saturated carbocycles. The molecule has 2 aromatic carbocycles. The van der Waals surface area contributed by atoms with Gasteiger partial charge in [0.1, 0.15) is 5.60 Å². The number of ether oxygens (including phenoxy) is 2. The largest absolute Gasteiger partial charge is 0.474 e. The fraction of sp³-hybridized carbons (Fsp3) is 0.367. The van der Waals surface area contributed by atoms with E-state index in [2.05, 4.69) is 0 Å². The van der Waals surface area contributed by atoms with Gasteiger partial charge in [-0.25, -0.2) is 9.69 Å². The van der Waals surface area contributed by atoms with Gasteiger partial charge in [-0.3, -0.25) is 14.5 Å². The van der Waals surface area contributed by atoms with Crippen molar-refractivity contribution in [3.63, 3.8) is 0 Å². The Hall–Kier alpha value is -4.29. The fourth-order valence-corrected chi connectivity index (χ4v) is 5.49. The summed E-state index contributed by atoms with van der Waals surface area (Å²) in [5, 5.41) is 0. The number of amides is 3. The van der Waals surface area contributed by atoms with Gasteiger partial charge in [-0.05, 0) is 69.5 Å². The third-order valence-corrected chi connectivity index (χ3v) is 7.32. The van der Waals surface area contributed by atoms with Crippen LogP contribution in [0.2, 0.25) is 0 Å². The van der Waals surface area contributed by atoms with Gasteiger partial charge in [-0.2, -0.15) is 26.3 Å². The molecule has 0 N–H and O–H groups in total. The van der Waals surface area contributed by atoms with Crippen LogP contribution >= 0.6 is 0 Å². The normalized spacial score (nSPS) is 23.1. The predicted molar refractivity (Wildman–Crippen MR) is 140 cm³/mol. The summed E-state index contributed by atoms with van der Waals surface area (Å²) in [6, 6.07) is 7.29. The molecule has 2 heterocycles. The SMILES string of the molecule is CC1=CC(O/C=C2/C(=O)N(C(=O)OC(C)(C)C)C3c4ccccc4CC23)N(c2cc(C(F)(F)F)cc(C(F)(F)F)c2)C1=O. The Kier molecular flexibility index (Phi) is 7.13. The van der Waals surface area contributed by atoms with Crippen molar-refractivity contribution >= 4 is 23.6 Å². The molecule has 3 unspecified atom stereocenters. The fourth-order valence-electron chi connectivity index (χ4n) is 5.49. The van der Waals surface area contributed by atoms with E-state index in [0.717, 1.165) is 22.3 Å². The highest BCUT2D eigenvalue weighted by atomic mass is 19.4. The van der Waals surface area contributed by atoms with Crippen LogP contribution in [0, 0.1) is 5.92 Å². The quantitative estimate of drug-likeness (QED) is 0.215. The van der Waals surface area contributed by atoms with E-state index in [1.54, 1.807) is 39.0 Å². The molecule has 3 atom stereocenters. The maximum absolute atomic E-state index is 13.6. The minimum absolute atomic E-state index is 0.00801. The van der Waals surface area contributed by atoms with Crippen LogP contribution in [0.25, 0.3) is 0 Å². The van der Waals surface area contributed by atoms with Crippen LogP contribution in [0.4, 0.5) is 36.8 Å². The van der Waals surface area contributed by atoms with Crippen molar-refractivity contribution in [1.82, 2.24) is 4.90 Å². The van der Waals surface area contributed by atoms with Crippen molar-refractivity contribution in [1.29, 1.82) is 0 Å². The molecule has 2 aromatic rings. The molecule has 13 heteroatoms. The van der Waals surface area contributed by atoms with Gasteiger partial charge in [0.05, 0.1) is 29.0 Å². The van der Waals surface area contributed by atoms with Crippen molar-refractivity contribution < 1.29 is 50.2 Å². The molecule has 228 valence electrons. The van der Waals surface area contributed by atoms with E-state index in [4.69, 9.17) is 9.47 Å². The molecule has 2 aliphatic heterocycles. The number of nitrogens with zero attached hydrogens (tertiary/aromatic N) is 2. The van der Waals surface area contributed by atoms with Crippen LogP contribution in [0.1, 0.15) is 56.0 Å². The third kappa shape index (κ3) is 5.59. The van der Waals surface area contributed by atoms with Gasteiger partial charge in [0.25, 0.3) is 11.8 Å². The van der Waals surface area contributed by atoms with Crippen molar-refractivity contribution in [3.8, 4) is 0 Å². The molecule has 0 bridgehead atoms. The van der Waals surface area contributed by atoms with Crippen molar-refractivity contribution in [3.05, 3.63) is 88.2 Å². The summed E-state index contributed by atoms with van der Waals surface area (Å²) in [5.41, 5.74) is -3.15. The molecule has 0 spiro atoms. The summed E-state index contributed by atoms with van der Waals surface area (Å²) in [4.78, 5) is 41.3. The van der Waals surface area contributed by atoms with E-state index in [0.29, 0.717) is 23.5 Å². The van der Waals surface area contributed by atoms with E-state index in [-0.39, 0.29) is 17.2 Å². The second-order valence-electron chi connectivity index (χ2n) is 11.5. The maximum Gasteiger partial charge on any atom is 0.417 e. The first kappa shape index (κ1) is 30.2. The summed E-state index contributed by atoms with van der Waals surface area (Å²) in [5.74, 6) is -2.18. The number of carbonyl (C=O) groups is 3. The zero-order chi connectivity index (χ0) is 31.6. The highest BCUT2D eigenvalue weighted by Gasteiger charge is 2.53. The number of carbonyl (C=O) groups excluding carboxylic acids is 3. The Morgan fingerprint density at radius 1 is 0.930 bits per heavy atom. The number of anilines is 1. The first-order valence-electron chi connectivity index (χ1n) is 13.2. The first-order valence-corrected chi connectivity index (χ1v) is 13.2. The minimum atomic E-state index is -5.13. The molecule has 3 amide bonds. The Morgan fingerprint density at radius 3 is 2.12 bits per heavy atom. The molecular formula is C30H26F6N2O5. The highest BCUT2D eigenvalue weighted by Crippen LogP contribution is 2.50. The van der Waals surface area contributed by atoms with Crippen molar-refractivity contribution in [2.24, 2.45) is 5.92 Å². The predicted octanol–water partition coefficient (Wildman–Crippen LogP) is 6.93. The number of hydrogen-bond donors (Lipinski definition) is 0. The molecule has 1 fully saturated rings. The van der Waals surface area contributed by atoms with Crippen LogP contribution in [0.3, 0.4) is 0 Å². The lowest BCUT2D eigenvalue weighted by atomic mass is 9.97. The Balaban J connectivity index is 1.52. The van der Waals surface area contributed by atoms with Gasteiger partial charge in [-0.15, -0.1) is 0 Å². The molecule has 7 nitrogen and oxygen atoms in total. The summed E-state index contributed by atoms with van der Waals surface area (Å²) < 4.78 is 92.4. The number of fused-ring (bicyclic) bond motifs is 3. The monoisotopic (exact) mass is 608 g/mol. The zero-order valence-corrected chi connectivity index (χ0v) is 23.3. The molecule has 43 heavy (non-hydrogen) atoms. The lowest BCUT2D eigenvalue weighted by molar-refractivity contribution is -0.143. The number of hydrogen-bond acceptors (Lipinski definition) is 5. The van der Waals surface area contributed by atoms with E-state index < -0.39 is 70.9 Å². The van der Waals surface area contributed by atoms with Gasteiger partial charge in [0.15, 0.2) is 6.23 Å². The summed E-state index contributed by atoms with van der Waals surface area (Å²) in [7, 11) is 0. The summed E-state index contributed by atoms with van der Waals surface area (Å²) in [6.45, 7) is 6.26. The molecule has 3 aliphatic rings. The number of rotatable bonds is 3. The molecular weight excluding hydrogens is 582 g/mol. The molecule has 1 saturated heterocycles. The van der Waals surface area contributed by atoms with Gasteiger partial charge in [-0.1, -0.05) is 24.3 Å². The van der Waals surface area contributed by atoms with E-state index >= 15 is 0 Å². The standard InChI is InChI=1S/C30H26F6N2O5/c1-15-9-23(37(25(15)39)19-12-17(29(31,32)33)11-18(13-19)30(34,35)36)42-14-22-21-10-16-7-5-6-8-20(16)24(21)38(26(22)40)27(41)43-28(2,3)4/h5-9,11-14,21,23-24H,10H2,1-4H3/b22-14+. The lowest BCUT2D eigenvalue weighted by Crippen LogP contribution is -2.39. The van der Waals surface area contributed by atoms with E-state index in [1.165, 1.54) is 13.0 Å². The average molecular weight is 609 g/mol. The highest BCUT2D eigenvalue weighted by molar-refractivity contribution is 6.09. The third-order valence-electron chi connectivity index (χ3n) is 7.32. The lowest BCUT2D eigenvalue weighted by Gasteiger charge is -2.27. The topological polar surface area (TPSA) is 76.2 Å². The van der Waals surface area contributed by atoms with Crippen LogP contribution in [-0.2, 0) is 37.8 Å². The van der Waals surface area contributed by atoms with Gasteiger partial charge < -0.3 is 9.47 Å². The minimum Gasteiger partial charge on any atom is -0.474 e. The summed E-state index contributed by atoms with van der Waals surface area (Å²) >= 11 is 0. The van der Waals surface area contributed by atoms with Crippen molar-refractivity contribution in [2.75, 3.05) is 4.90 Å². The first-order chi connectivity index (χ1) is 19.9. The number of benzene rings is 2. The number of alkyl halides is 6. The van der Waals surface area contributed by atoms with Crippen LogP contribution in [-0.4, -0.2) is 34.6 Å². The van der Waals surface area contributed by atoms with Crippen LogP contribution < -0.4 is 4.90 Å². The maximum atomic E-state index is 13.6. The number of imide groups is 1. The van der Waals surface area contributed by atoms with Crippen LogP contribution in [0.5, 0.6) is 0 Å². The van der Waals surface area contributed by atoms with E-state index in [1.807, 2.05) is 6.07 Å². The Labute approximate surface area is 242 Å². The summed E-state index contributed by atoms with van der Waals surface area (Å²) in [6.07, 6.45) is -10.0. The number of likely N-dealkylation sites (tertiary alicyclic amines) is 1. The Morgan fingerprint density at radius 2 is 1.53 bits per heavy atom. The van der Waals surface area contributed by atoms with Gasteiger partial charge in [0.2, 0.25) is 0 Å². The van der Waals surface area contributed by atoms with Crippen molar-refractivity contribution in [2.45, 2.75) is 64.3 Å².